The number of carbonyl (C=O) groups excluding carboxylic acids is 2. The van der Waals surface area contributed by atoms with Gasteiger partial charge in [-0.05, 0) is 6.42 Å². The highest BCUT2D eigenvalue weighted by Gasteiger charge is 2.12. The molecule has 0 rings (SSSR count). The Morgan fingerprint density at radius 2 is 2.22 bits per heavy atom. The number of Topliss-reactive ketones (excluding diaryl/α,β-unsaturated/α-hetero) is 1. The SMILES string of the molecule is O=CC(=O)C(Cl)CCCl. The molecule has 0 saturated heterocycles. The molecule has 0 saturated carbocycles. The summed E-state index contributed by atoms with van der Waals surface area (Å²) in [6.07, 6.45) is 0.560. The summed E-state index contributed by atoms with van der Waals surface area (Å²) >= 11 is 10.6. The first-order valence-corrected chi connectivity index (χ1v) is 3.38. The van der Waals surface area contributed by atoms with Crippen LogP contribution in [0.5, 0.6) is 0 Å². The molecular formula is C5H6Cl2O2. The lowest BCUT2D eigenvalue weighted by Crippen LogP contribution is -2.15. The molecular weight excluding hydrogens is 163 g/mol. The van der Waals surface area contributed by atoms with E-state index >= 15 is 0 Å². The molecule has 1 unspecified atom stereocenters. The van der Waals surface area contributed by atoms with E-state index in [-0.39, 0.29) is 6.29 Å². The molecule has 0 bridgehead atoms. The van der Waals surface area contributed by atoms with Crippen molar-refractivity contribution in [1.82, 2.24) is 0 Å². The molecule has 1 atom stereocenters. The first kappa shape index (κ1) is 8.92. The lowest BCUT2D eigenvalue weighted by atomic mass is 10.2. The molecule has 0 heterocycles. The van der Waals surface area contributed by atoms with Crippen molar-refractivity contribution >= 4 is 35.3 Å². The van der Waals surface area contributed by atoms with Gasteiger partial charge in [0.05, 0.1) is 0 Å². The van der Waals surface area contributed by atoms with Crippen molar-refractivity contribution in [3.8, 4) is 0 Å². The third-order valence-electron chi connectivity index (χ3n) is 0.787. The average Bonchev–Trinajstić information content (AvgIpc) is 1.87. The number of hydrogen-bond donors (Lipinski definition) is 0. The van der Waals surface area contributed by atoms with Crippen molar-refractivity contribution in [1.29, 1.82) is 0 Å². The van der Waals surface area contributed by atoms with E-state index in [1.807, 2.05) is 0 Å². The summed E-state index contributed by atoms with van der Waals surface area (Å²) in [5, 5.41) is -0.736. The van der Waals surface area contributed by atoms with Gasteiger partial charge in [0, 0.05) is 5.88 Å². The van der Waals surface area contributed by atoms with Crippen LogP contribution in [0.3, 0.4) is 0 Å². The molecule has 0 aromatic carbocycles. The number of carbonyl (C=O) groups is 2. The van der Waals surface area contributed by atoms with E-state index in [2.05, 4.69) is 0 Å². The molecule has 4 heteroatoms. The second kappa shape index (κ2) is 4.77. The minimum Gasteiger partial charge on any atom is -0.295 e. The zero-order valence-electron chi connectivity index (χ0n) is 4.64. The van der Waals surface area contributed by atoms with Crippen LogP contribution in [0.25, 0.3) is 0 Å². The third kappa shape index (κ3) is 3.49. The molecule has 0 amide bonds. The van der Waals surface area contributed by atoms with Gasteiger partial charge >= 0.3 is 0 Å². The highest BCUT2D eigenvalue weighted by atomic mass is 35.5. The Labute approximate surface area is 63.1 Å². The van der Waals surface area contributed by atoms with Gasteiger partial charge in [-0.1, -0.05) is 0 Å². The van der Waals surface area contributed by atoms with E-state index in [1.54, 1.807) is 0 Å². The first-order chi connectivity index (χ1) is 4.22. The highest BCUT2D eigenvalue weighted by molar-refractivity contribution is 6.43. The molecule has 52 valence electrons. The van der Waals surface area contributed by atoms with Crippen LogP contribution in [0.4, 0.5) is 0 Å². The second-order valence-corrected chi connectivity index (χ2v) is 2.37. The van der Waals surface area contributed by atoms with Gasteiger partial charge in [-0.15, -0.1) is 23.2 Å². The fourth-order valence-corrected chi connectivity index (χ4v) is 0.802. The fraction of sp³-hybridized carbons (Fsp3) is 0.600. The molecule has 0 spiro atoms. The van der Waals surface area contributed by atoms with Crippen LogP contribution < -0.4 is 0 Å². The summed E-state index contributed by atoms with van der Waals surface area (Å²) in [7, 11) is 0. The summed E-state index contributed by atoms with van der Waals surface area (Å²) in [4.78, 5) is 20.1. The van der Waals surface area contributed by atoms with Gasteiger partial charge in [0.15, 0.2) is 6.29 Å². The molecule has 0 radical (unpaired) electrons. The predicted octanol–water partition coefficient (Wildman–Crippen LogP) is 0.991. The molecule has 0 aromatic rings. The van der Waals surface area contributed by atoms with E-state index in [9.17, 15) is 9.59 Å². The normalized spacial score (nSPS) is 12.7. The monoisotopic (exact) mass is 168 g/mol. The second-order valence-electron chi connectivity index (χ2n) is 1.47. The van der Waals surface area contributed by atoms with Gasteiger partial charge in [-0.2, -0.15) is 0 Å². The van der Waals surface area contributed by atoms with Crippen molar-refractivity contribution in [2.75, 3.05) is 5.88 Å². The standard InChI is InChI=1S/C5H6Cl2O2/c6-2-1-4(7)5(9)3-8/h3-4H,1-2H2. The van der Waals surface area contributed by atoms with Gasteiger partial charge in [-0.25, -0.2) is 0 Å². The van der Waals surface area contributed by atoms with E-state index in [0.29, 0.717) is 12.3 Å². The Morgan fingerprint density at radius 3 is 2.56 bits per heavy atom. The summed E-state index contributed by atoms with van der Waals surface area (Å²) < 4.78 is 0. The Kier molecular flexibility index (Phi) is 4.72. The van der Waals surface area contributed by atoms with Crippen LogP contribution in [0, 0.1) is 0 Å². The zero-order valence-corrected chi connectivity index (χ0v) is 6.15. The Balaban J connectivity index is 3.58. The van der Waals surface area contributed by atoms with E-state index in [0.717, 1.165) is 0 Å². The summed E-state index contributed by atoms with van der Waals surface area (Å²) in [5.41, 5.74) is 0. The summed E-state index contributed by atoms with van der Waals surface area (Å²) in [5.74, 6) is -0.300. The number of rotatable bonds is 4. The fourth-order valence-electron chi connectivity index (χ4n) is 0.312. The number of ketones is 1. The molecule has 0 aromatic heterocycles. The van der Waals surface area contributed by atoms with Crippen molar-refractivity contribution in [2.45, 2.75) is 11.8 Å². The molecule has 9 heavy (non-hydrogen) atoms. The van der Waals surface area contributed by atoms with Gasteiger partial charge < -0.3 is 0 Å². The maximum Gasteiger partial charge on any atom is 0.212 e. The Hall–Kier alpha value is -0.0800. The third-order valence-corrected chi connectivity index (χ3v) is 1.44. The van der Waals surface area contributed by atoms with Crippen LogP contribution in [0.2, 0.25) is 0 Å². The molecule has 0 aliphatic rings. The van der Waals surface area contributed by atoms with Crippen LogP contribution >= 0.6 is 23.2 Å². The summed E-state index contributed by atoms with van der Waals surface area (Å²) in [6, 6.07) is 0. The smallest absolute Gasteiger partial charge is 0.212 e. The number of halogens is 2. The minimum atomic E-state index is -0.736. The lowest BCUT2D eigenvalue weighted by molar-refractivity contribution is -0.129. The van der Waals surface area contributed by atoms with Crippen LogP contribution in [-0.4, -0.2) is 23.3 Å². The molecule has 0 aliphatic heterocycles. The van der Waals surface area contributed by atoms with E-state index in [1.165, 1.54) is 0 Å². The van der Waals surface area contributed by atoms with Crippen LogP contribution in [-0.2, 0) is 9.59 Å². The van der Waals surface area contributed by atoms with Gasteiger partial charge in [-0.3, -0.25) is 9.59 Å². The number of hydrogen-bond acceptors (Lipinski definition) is 2. The van der Waals surface area contributed by atoms with Crippen molar-refractivity contribution < 1.29 is 9.59 Å². The van der Waals surface area contributed by atoms with Crippen LogP contribution in [0.15, 0.2) is 0 Å². The lowest BCUT2D eigenvalue weighted by Gasteiger charge is -1.97. The van der Waals surface area contributed by atoms with Gasteiger partial charge in [0.1, 0.15) is 5.38 Å². The van der Waals surface area contributed by atoms with Gasteiger partial charge in [0.2, 0.25) is 5.78 Å². The first-order valence-electron chi connectivity index (χ1n) is 2.41. The zero-order chi connectivity index (χ0) is 7.28. The topological polar surface area (TPSA) is 34.1 Å². The quantitative estimate of drug-likeness (QED) is 0.357. The Morgan fingerprint density at radius 1 is 1.67 bits per heavy atom. The largest absolute Gasteiger partial charge is 0.295 e. The van der Waals surface area contributed by atoms with Crippen LogP contribution in [0.1, 0.15) is 6.42 Å². The highest BCUT2D eigenvalue weighted by Crippen LogP contribution is 2.02. The predicted molar refractivity (Wildman–Crippen MR) is 36.0 cm³/mol. The molecule has 0 fully saturated rings. The maximum absolute atomic E-state index is 10.3. The molecule has 2 nitrogen and oxygen atoms in total. The van der Waals surface area contributed by atoms with E-state index < -0.39 is 11.2 Å². The van der Waals surface area contributed by atoms with Crippen molar-refractivity contribution in [3.05, 3.63) is 0 Å². The van der Waals surface area contributed by atoms with E-state index in [4.69, 9.17) is 23.2 Å². The average molecular weight is 169 g/mol. The minimum absolute atomic E-state index is 0.213. The van der Waals surface area contributed by atoms with Crippen molar-refractivity contribution in [2.24, 2.45) is 0 Å². The Bertz CT molecular complexity index is 114. The van der Waals surface area contributed by atoms with Crippen molar-refractivity contribution in [3.63, 3.8) is 0 Å². The summed E-state index contributed by atoms with van der Waals surface area (Å²) in [6.45, 7) is 0. The number of alkyl halides is 2. The maximum atomic E-state index is 10.3. The molecule has 0 N–H and O–H groups in total. The van der Waals surface area contributed by atoms with Gasteiger partial charge in [0.25, 0.3) is 0 Å². The molecule has 0 aliphatic carbocycles. The number of aldehydes is 1.